The van der Waals surface area contributed by atoms with Crippen molar-refractivity contribution in [2.75, 3.05) is 0 Å². The molecule has 0 aromatic carbocycles. The van der Waals surface area contributed by atoms with E-state index in [0.717, 1.165) is 6.54 Å². The molecule has 0 amide bonds. The van der Waals surface area contributed by atoms with Gasteiger partial charge < -0.3 is 4.70 Å². The minimum atomic E-state index is 0. The van der Waals surface area contributed by atoms with Crippen LogP contribution in [0.15, 0.2) is 24.4 Å². The lowest BCUT2D eigenvalue weighted by atomic mass is 10.3. The molecule has 0 unspecified atom stereocenters. The van der Waals surface area contributed by atoms with Crippen molar-refractivity contribution in [3.05, 3.63) is 30.1 Å². The van der Waals surface area contributed by atoms with Crippen molar-refractivity contribution in [2.24, 2.45) is 0 Å². The Morgan fingerprint density at radius 2 is 2.09 bits per heavy atom. The van der Waals surface area contributed by atoms with Gasteiger partial charge in [0, 0.05) is 25.5 Å². The molecule has 0 aliphatic heterocycles. The van der Waals surface area contributed by atoms with Crippen molar-refractivity contribution < 1.29 is 9.27 Å². The van der Waals surface area contributed by atoms with Gasteiger partial charge in [-0.1, -0.05) is 13.0 Å². The fraction of sp³-hybridized carbons (Fsp3) is 0.444. The Balaban J connectivity index is 0.000001000. The highest BCUT2D eigenvalue weighted by atomic mass is 19.0. The molecule has 0 fully saturated rings. The first-order valence-corrected chi connectivity index (χ1v) is 3.79. The van der Waals surface area contributed by atoms with Gasteiger partial charge in [-0.2, -0.15) is 0 Å². The first kappa shape index (κ1) is 10.1. The van der Waals surface area contributed by atoms with Crippen molar-refractivity contribution in [3.8, 4) is 0 Å². The zero-order valence-corrected chi connectivity index (χ0v) is 7.05. The number of aryl methyl sites for hydroxylation is 2. The summed E-state index contributed by atoms with van der Waals surface area (Å²) in [5.74, 6) is 0. The van der Waals surface area contributed by atoms with E-state index < -0.39 is 0 Å². The predicted molar refractivity (Wildman–Crippen MR) is 41.7 cm³/mol. The molecular formula is C9H14FN. The third-order valence-electron chi connectivity index (χ3n) is 1.63. The van der Waals surface area contributed by atoms with Crippen molar-refractivity contribution in [2.45, 2.75) is 26.8 Å². The lowest BCUT2D eigenvalue weighted by molar-refractivity contribution is -0.702. The summed E-state index contributed by atoms with van der Waals surface area (Å²) in [6.07, 6.45) is 3.33. The third-order valence-corrected chi connectivity index (χ3v) is 1.63. The molecule has 0 radical (unpaired) electrons. The van der Waals surface area contributed by atoms with Crippen LogP contribution in [0.2, 0.25) is 0 Å². The highest BCUT2D eigenvalue weighted by molar-refractivity contribution is 4.93. The molecule has 62 valence electrons. The van der Waals surface area contributed by atoms with Crippen LogP contribution in [0.25, 0.3) is 0 Å². The molecule has 1 aromatic heterocycles. The first-order chi connectivity index (χ1) is 4.84. The van der Waals surface area contributed by atoms with E-state index in [1.54, 1.807) is 0 Å². The second-order valence-electron chi connectivity index (χ2n) is 2.54. The van der Waals surface area contributed by atoms with E-state index in [1.807, 2.05) is 0 Å². The summed E-state index contributed by atoms with van der Waals surface area (Å²) in [7, 11) is 0. The maximum atomic E-state index is 2.26. The van der Waals surface area contributed by atoms with Crippen LogP contribution >= 0.6 is 0 Å². The van der Waals surface area contributed by atoms with Gasteiger partial charge in [0.05, 0.1) is 0 Å². The number of aromatic nitrogens is 1. The Kier molecular flexibility index (Phi) is 4.42. The van der Waals surface area contributed by atoms with E-state index in [-0.39, 0.29) is 4.70 Å². The highest BCUT2D eigenvalue weighted by Gasteiger charge is 1.99. The molecule has 0 aliphatic rings. The predicted octanol–water partition coefficient (Wildman–Crippen LogP) is -1.30. The molecule has 1 aromatic rings. The van der Waals surface area contributed by atoms with E-state index in [2.05, 4.69) is 42.8 Å². The minimum Gasteiger partial charge on any atom is -1.00 e. The fourth-order valence-corrected chi connectivity index (χ4v) is 1.05. The Bertz CT molecular complexity index is 210. The lowest BCUT2D eigenvalue weighted by Gasteiger charge is -1.95. The van der Waals surface area contributed by atoms with Gasteiger partial charge >= 0.3 is 0 Å². The summed E-state index contributed by atoms with van der Waals surface area (Å²) < 4.78 is 2.26. The summed E-state index contributed by atoms with van der Waals surface area (Å²) >= 11 is 0. The molecule has 0 saturated heterocycles. The average molecular weight is 155 g/mol. The molecule has 0 bridgehead atoms. The van der Waals surface area contributed by atoms with Crippen LogP contribution in [0.4, 0.5) is 0 Å². The van der Waals surface area contributed by atoms with Crippen LogP contribution in [0.5, 0.6) is 0 Å². The summed E-state index contributed by atoms with van der Waals surface area (Å²) in [4.78, 5) is 0. The number of halogens is 1. The summed E-state index contributed by atoms with van der Waals surface area (Å²) in [6.45, 7) is 5.46. The van der Waals surface area contributed by atoms with E-state index in [1.165, 1.54) is 12.1 Å². The van der Waals surface area contributed by atoms with Crippen molar-refractivity contribution in [1.29, 1.82) is 0 Å². The van der Waals surface area contributed by atoms with E-state index in [4.69, 9.17) is 0 Å². The Morgan fingerprint density at radius 1 is 1.36 bits per heavy atom. The van der Waals surface area contributed by atoms with Gasteiger partial charge in [-0.25, -0.2) is 4.57 Å². The van der Waals surface area contributed by atoms with E-state index >= 15 is 0 Å². The van der Waals surface area contributed by atoms with Crippen molar-refractivity contribution in [1.82, 2.24) is 0 Å². The van der Waals surface area contributed by atoms with Crippen molar-refractivity contribution in [3.63, 3.8) is 0 Å². The molecule has 0 saturated carbocycles. The SMILES string of the molecule is CCC[n+]1ccccc1C.[F-]. The van der Waals surface area contributed by atoms with Crippen LogP contribution in [-0.4, -0.2) is 0 Å². The standard InChI is InChI=1S/C9H14N.FH/c1-3-7-10-8-5-4-6-9(10)2;/h4-6,8H,3,7H2,1-2H3;1H/q+1;/p-1. The average Bonchev–Trinajstić information content (AvgIpc) is 1.94. The number of rotatable bonds is 2. The van der Waals surface area contributed by atoms with Gasteiger partial charge in [-0.05, 0) is 0 Å². The van der Waals surface area contributed by atoms with E-state index in [0.29, 0.717) is 0 Å². The minimum absolute atomic E-state index is 0. The molecule has 0 aliphatic carbocycles. The monoisotopic (exact) mass is 155 g/mol. The van der Waals surface area contributed by atoms with Crippen LogP contribution < -0.4 is 9.27 Å². The molecule has 11 heavy (non-hydrogen) atoms. The summed E-state index contributed by atoms with van der Waals surface area (Å²) in [6, 6.07) is 6.28. The Morgan fingerprint density at radius 3 is 2.64 bits per heavy atom. The summed E-state index contributed by atoms with van der Waals surface area (Å²) in [5.41, 5.74) is 1.34. The summed E-state index contributed by atoms with van der Waals surface area (Å²) in [5, 5.41) is 0. The quantitative estimate of drug-likeness (QED) is 0.467. The number of nitrogens with zero attached hydrogens (tertiary/aromatic N) is 1. The first-order valence-electron chi connectivity index (χ1n) is 3.79. The molecule has 1 heterocycles. The van der Waals surface area contributed by atoms with Crippen LogP contribution in [-0.2, 0) is 6.54 Å². The van der Waals surface area contributed by atoms with Gasteiger partial charge in [0.1, 0.15) is 6.54 Å². The second-order valence-corrected chi connectivity index (χ2v) is 2.54. The molecule has 1 rings (SSSR count). The smallest absolute Gasteiger partial charge is 0.178 e. The zero-order valence-electron chi connectivity index (χ0n) is 7.05. The van der Waals surface area contributed by atoms with Crippen LogP contribution in [0, 0.1) is 6.92 Å². The van der Waals surface area contributed by atoms with Gasteiger partial charge in [-0.3, -0.25) is 0 Å². The number of pyridine rings is 1. The molecule has 1 nitrogen and oxygen atoms in total. The third kappa shape index (κ3) is 2.66. The maximum absolute atomic E-state index is 2.26. The highest BCUT2D eigenvalue weighted by Crippen LogP contribution is 1.87. The van der Waals surface area contributed by atoms with Crippen LogP contribution in [0.1, 0.15) is 19.0 Å². The topological polar surface area (TPSA) is 3.88 Å². The molecule has 2 heteroatoms. The normalized spacial score (nSPS) is 8.91. The number of hydrogen-bond acceptors (Lipinski definition) is 0. The molecular weight excluding hydrogens is 141 g/mol. The Hall–Kier alpha value is -0.920. The largest absolute Gasteiger partial charge is 1.00 e. The fourth-order valence-electron chi connectivity index (χ4n) is 1.05. The van der Waals surface area contributed by atoms with E-state index in [9.17, 15) is 0 Å². The molecule has 0 spiro atoms. The Labute approximate surface area is 67.0 Å². The van der Waals surface area contributed by atoms with Gasteiger partial charge in [0.25, 0.3) is 0 Å². The second kappa shape index (κ2) is 4.83. The van der Waals surface area contributed by atoms with Crippen LogP contribution in [0.3, 0.4) is 0 Å². The zero-order chi connectivity index (χ0) is 7.40. The number of hydrogen-bond donors (Lipinski definition) is 0. The van der Waals surface area contributed by atoms with Crippen molar-refractivity contribution >= 4 is 0 Å². The lowest BCUT2D eigenvalue weighted by Crippen LogP contribution is -3.00. The molecule has 0 atom stereocenters. The van der Waals surface area contributed by atoms with Gasteiger partial charge in [0.15, 0.2) is 11.9 Å². The van der Waals surface area contributed by atoms with Gasteiger partial charge in [0.2, 0.25) is 0 Å². The van der Waals surface area contributed by atoms with Gasteiger partial charge in [-0.15, -0.1) is 0 Å². The maximum Gasteiger partial charge on any atom is 0.178 e. The molecule has 0 N–H and O–H groups in total.